The molecule has 4 rings (SSSR count). The average molecular weight is 479 g/mol. The molecule has 2 N–H and O–H groups in total. The molecule has 11 heteroatoms. The molecular formula is C23H21F4N3O4. The summed E-state index contributed by atoms with van der Waals surface area (Å²) in [5.74, 6) is -3.45. The van der Waals surface area contributed by atoms with Crippen LogP contribution in [0, 0.1) is 11.7 Å². The SMILES string of the molecule is O=C(Nc1ccc(NC(=O)C2CCCO2)cc1C(F)(F)F)C1CC(=O)N(c2ccccc2F)C1. The van der Waals surface area contributed by atoms with Crippen LogP contribution >= 0.6 is 0 Å². The number of amides is 3. The third-order valence-electron chi connectivity index (χ3n) is 5.71. The molecule has 2 aliphatic heterocycles. The van der Waals surface area contributed by atoms with E-state index in [0.29, 0.717) is 19.4 Å². The Morgan fingerprint density at radius 3 is 2.50 bits per heavy atom. The molecule has 0 saturated carbocycles. The number of anilines is 3. The molecule has 0 radical (unpaired) electrons. The molecule has 0 aromatic heterocycles. The highest BCUT2D eigenvalue weighted by molar-refractivity contribution is 6.04. The highest BCUT2D eigenvalue weighted by atomic mass is 19.4. The number of para-hydroxylation sites is 1. The Hall–Kier alpha value is -3.47. The van der Waals surface area contributed by atoms with Crippen LogP contribution < -0.4 is 15.5 Å². The predicted molar refractivity (Wildman–Crippen MR) is 115 cm³/mol. The van der Waals surface area contributed by atoms with Crippen LogP contribution in [0.5, 0.6) is 0 Å². The second-order valence-electron chi connectivity index (χ2n) is 8.10. The Kier molecular flexibility index (Phi) is 6.56. The van der Waals surface area contributed by atoms with Gasteiger partial charge in [0.1, 0.15) is 11.9 Å². The number of alkyl halides is 3. The van der Waals surface area contributed by atoms with Crippen molar-refractivity contribution in [2.45, 2.75) is 31.5 Å². The number of benzene rings is 2. The van der Waals surface area contributed by atoms with Crippen molar-refractivity contribution in [3.63, 3.8) is 0 Å². The molecule has 180 valence electrons. The fourth-order valence-corrected chi connectivity index (χ4v) is 3.99. The zero-order valence-corrected chi connectivity index (χ0v) is 17.8. The first-order chi connectivity index (χ1) is 16.1. The molecule has 3 amide bonds. The third kappa shape index (κ3) is 5.04. The highest BCUT2D eigenvalue weighted by Gasteiger charge is 2.38. The van der Waals surface area contributed by atoms with Crippen molar-refractivity contribution < 1.29 is 36.7 Å². The Balaban J connectivity index is 1.49. The number of nitrogens with one attached hydrogen (secondary N) is 2. The maximum Gasteiger partial charge on any atom is 0.418 e. The molecule has 7 nitrogen and oxygen atoms in total. The van der Waals surface area contributed by atoms with E-state index in [4.69, 9.17) is 4.74 Å². The minimum atomic E-state index is -4.82. The van der Waals surface area contributed by atoms with E-state index in [1.807, 2.05) is 0 Å². The van der Waals surface area contributed by atoms with E-state index in [2.05, 4.69) is 10.6 Å². The van der Waals surface area contributed by atoms with E-state index in [1.54, 1.807) is 0 Å². The number of nitrogens with zero attached hydrogens (tertiary/aromatic N) is 1. The van der Waals surface area contributed by atoms with Gasteiger partial charge in [-0.3, -0.25) is 14.4 Å². The first kappa shape index (κ1) is 23.7. The van der Waals surface area contributed by atoms with Gasteiger partial charge in [0.05, 0.1) is 22.9 Å². The van der Waals surface area contributed by atoms with Gasteiger partial charge in [0.15, 0.2) is 0 Å². The fourth-order valence-electron chi connectivity index (χ4n) is 3.99. The van der Waals surface area contributed by atoms with Gasteiger partial charge in [-0.2, -0.15) is 13.2 Å². The molecule has 2 atom stereocenters. The summed E-state index contributed by atoms with van der Waals surface area (Å²) in [5, 5.41) is 4.64. The van der Waals surface area contributed by atoms with E-state index in [1.165, 1.54) is 30.3 Å². The molecule has 2 aromatic rings. The quantitative estimate of drug-likeness (QED) is 0.636. The van der Waals surface area contributed by atoms with Crippen LogP contribution in [0.4, 0.5) is 34.6 Å². The number of hydrogen-bond donors (Lipinski definition) is 2. The zero-order chi connectivity index (χ0) is 24.5. The Bertz CT molecular complexity index is 1120. The fraction of sp³-hybridized carbons (Fsp3) is 0.348. The molecule has 2 aromatic carbocycles. The van der Waals surface area contributed by atoms with E-state index in [0.717, 1.165) is 17.0 Å². The minimum absolute atomic E-state index is 0.00474. The van der Waals surface area contributed by atoms with Gasteiger partial charge in [0, 0.05) is 25.3 Å². The van der Waals surface area contributed by atoms with Crippen molar-refractivity contribution in [1.82, 2.24) is 0 Å². The number of hydrogen-bond acceptors (Lipinski definition) is 4. The van der Waals surface area contributed by atoms with Gasteiger partial charge in [-0.1, -0.05) is 12.1 Å². The van der Waals surface area contributed by atoms with Crippen LogP contribution in [-0.4, -0.2) is 37.0 Å². The van der Waals surface area contributed by atoms with Crippen molar-refractivity contribution in [1.29, 1.82) is 0 Å². The van der Waals surface area contributed by atoms with Crippen LogP contribution in [0.2, 0.25) is 0 Å². The van der Waals surface area contributed by atoms with Crippen molar-refractivity contribution >= 4 is 34.8 Å². The first-order valence-electron chi connectivity index (χ1n) is 10.6. The lowest BCUT2D eigenvalue weighted by Crippen LogP contribution is -2.29. The lowest BCUT2D eigenvalue weighted by atomic mass is 10.1. The maximum absolute atomic E-state index is 14.0. The number of ether oxygens (including phenoxy) is 1. The maximum atomic E-state index is 14.0. The van der Waals surface area contributed by atoms with Crippen molar-refractivity contribution in [2.24, 2.45) is 5.92 Å². The molecule has 2 unspecified atom stereocenters. The molecule has 0 bridgehead atoms. The van der Waals surface area contributed by atoms with Gasteiger partial charge in [-0.05, 0) is 43.2 Å². The van der Waals surface area contributed by atoms with Gasteiger partial charge in [0.2, 0.25) is 11.8 Å². The topological polar surface area (TPSA) is 87.7 Å². The minimum Gasteiger partial charge on any atom is -0.368 e. The first-order valence-corrected chi connectivity index (χ1v) is 10.6. The van der Waals surface area contributed by atoms with E-state index in [-0.39, 0.29) is 24.3 Å². The van der Waals surface area contributed by atoms with Crippen molar-refractivity contribution in [2.75, 3.05) is 28.7 Å². The van der Waals surface area contributed by atoms with Gasteiger partial charge < -0.3 is 20.3 Å². The molecule has 0 spiro atoms. The van der Waals surface area contributed by atoms with E-state index in [9.17, 15) is 31.9 Å². The highest BCUT2D eigenvalue weighted by Crippen LogP contribution is 2.37. The lowest BCUT2D eigenvalue weighted by Gasteiger charge is -2.19. The van der Waals surface area contributed by atoms with Crippen LogP contribution in [0.3, 0.4) is 0 Å². The Morgan fingerprint density at radius 1 is 1.06 bits per heavy atom. The van der Waals surface area contributed by atoms with Crippen molar-refractivity contribution in [3.05, 3.63) is 53.8 Å². The normalized spacial score (nSPS) is 20.5. The standard InChI is InChI=1S/C23H21F4N3O4/c24-16-4-1-2-5-18(16)30-12-13(10-20(30)31)21(32)29-17-8-7-14(11-15(17)23(25,26)27)28-22(33)19-6-3-9-34-19/h1-2,4-5,7-8,11,13,19H,3,6,9-10,12H2,(H,28,33)(H,29,32). The molecule has 2 saturated heterocycles. The predicted octanol–water partition coefficient (Wildman–Crippen LogP) is 3.95. The van der Waals surface area contributed by atoms with E-state index >= 15 is 0 Å². The largest absolute Gasteiger partial charge is 0.418 e. The summed E-state index contributed by atoms with van der Waals surface area (Å²) in [4.78, 5) is 38.3. The third-order valence-corrected chi connectivity index (χ3v) is 5.71. The number of carbonyl (C=O) groups excluding carboxylic acids is 3. The summed E-state index contributed by atoms with van der Waals surface area (Å²) in [6, 6.07) is 8.56. The summed E-state index contributed by atoms with van der Waals surface area (Å²) in [6.07, 6.45) is -4.63. The van der Waals surface area contributed by atoms with E-state index < -0.39 is 53.0 Å². The molecular weight excluding hydrogens is 458 g/mol. The monoisotopic (exact) mass is 479 g/mol. The molecule has 2 aliphatic rings. The molecule has 2 fully saturated rings. The summed E-state index contributed by atoms with van der Waals surface area (Å²) >= 11 is 0. The second-order valence-corrected chi connectivity index (χ2v) is 8.10. The lowest BCUT2D eigenvalue weighted by molar-refractivity contribution is -0.137. The van der Waals surface area contributed by atoms with Crippen LogP contribution in [-0.2, 0) is 25.3 Å². The molecule has 0 aliphatic carbocycles. The Morgan fingerprint density at radius 2 is 1.82 bits per heavy atom. The molecule has 34 heavy (non-hydrogen) atoms. The number of rotatable bonds is 5. The smallest absolute Gasteiger partial charge is 0.368 e. The summed E-state index contributed by atoms with van der Waals surface area (Å²) in [6.45, 7) is 0.247. The van der Waals surface area contributed by atoms with Gasteiger partial charge in [0.25, 0.3) is 5.91 Å². The second kappa shape index (κ2) is 9.41. The summed E-state index contributed by atoms with van der Waals surface area (Å²) < 4.78 is 60.3. The summed E-state index contributed by atoms with van der Waals surface area (Å²) in [5.41, 5.74) is -1.75. The Labute approximate surface area is 192 Å². The van der Waals surface area contributed by atoms with Gasteiger partial charge in [-0.25, -0.2) is 4.39 Å². The molecule has 2 heterocycles. The van der Waals surface area contributed by atoms with Gasteiger partial charge in [-0.15, -0.1) is 0 Å². The number of halogens is 4. The average Bonchev–Trinajstić information content (AvgIpc) is 3.45. The van der Waals surface area contributed by atoms with Crippen LogP contribution in [0.1, 0.15) is 24.8 Å². The number of carbonyl (C=O) groups is 3. The zero-order valence-electron chi connectivity index (χ0n) is 17.8. The van der Waals surface area contributed by atoms with Crippen molar-refractivity contribution in [3.8, 4) is 0 Å². The van der Waals surface area contributed by atoms with Gasteiger partial charge >= 0.3 is 6.18 Å². The summed E-state index contributed by atoms with van der Waals surface area (Å²) in [7, 11) is 0. The van der Waals surface area contributed by atoms with Crippen LogP contribution in [0.25, 0.3) is 0 Å². The van der Waals surface area contributed by atoms with Crippen LogP contribution in [0.15, 0.2) is 42.5 Å².